The number of carbonyl (C=O) groups excluding carboxylic acids is 1. The lowest BCUT2D eigenvalue weighted by atomic mass is 9.77. The third-order valence-corrected chi connectivity index (χ3v) is 4.61. The van der Waals surface area contributed by atoms with Crippen LogP contribution in [0.5, 0.6) is 0 Å². The highest BCUT2D eigenvalue weighted by Gasteiger charge is 2.38. The Kier molecular flexibility index (Phi) is 3.50. The Labute approximate surface area is 89.8 Å². The Balaban J connectivity index is 2.02. The summed E-state index contributed by atoms with van der Waals surface area (Å²) in [6.07, 6.45) is 5.23. The van der Waals surface area contributed by atoms with Crippen molar-refractivity contribution in [3.05, 3.63) is 0 Å². The predicted octanol–water partition coefficient (Wildman–Crippen LogP) is 2.12. The van der Waals surface area contributed by atoms with E-state index in [1.165, 1.54) is 19.3 Å². The van der Waals surface area contributed by atoms with Crippen LogP contribution in [0.25, 0.3) is 0 Å². The van der Waals surface area contributed by atoms with Crippen LogP contribution < -0.4 is 0 Å². The first-order chi connectivity index (χ1) is 6.83. The molecule has 3 heteroatoms. The molecule has 1 aliphatic heterocycles. The molecule has 80 valence electrons. The van der Waals surface area contributed by atoms with Crippen LogP contribution in [0.2, 0.25) is 0 Å². The van der Waals surface area contributed by atoms with Gasteiger partial charge in [0.2, 0.25) is 0 Å². The third kappa shape index (κ3) is 1.98. The van der Waals surface area contributed by atoms with Gasteiger partial charge >= 0.3 is 0 Å². The van der Waals surface area contributed by atoms with Crippen molar-refractivity contribution in [3.63, 3.8) is 0 Å². The summed E-state index contributed by atoms with van der Waals surface area (Å²) in [5.41, 5.74) is 0. The fourth-order valence-corrected chi connectivity index (χ4v) is 3.95. The molecule has 1 heterocycles. The van der Waals surface area contributed by atoms with Gasteiger partial charge in [-0.1, -0.05) is 12.8 Å². The molecule has 0 aromatic rings. The minimum absolute atomic E-state index is 0.297. The van der Waals surface area contributed by atoms with Crippen molar-refractivity contribution in [1.29, 1.82) is 0 Å². The molecule has 3 unspecified atom stereocenters. The minimum Gasteiger partial charge on any atom is -0.381 e. The summed E-state index contributed by atoms with van der Waals surface area (Å²) in [4.78, 5) is 11.7. The van der Waals surface area contributed by atoms with Crippen LogP contribution in [0.15, 0.2) is 0 Å². The van der Waals surface area contributed by atoms with E-state index in [9.17, 15) is 4.79 Å². The number of carbonyl (C=O) groups is 1. The van der Waals surface area contributed by atoms with E-state index >= 15 is 0 Å². The van der Waals surface area contributed by atoms with E-state index in [1.54, 1.807) is 18.9 Å². The van der Waals surface area contributed by atoms with E-state index < -0.39 is 0 Å². The molecule has 3 atom stereocenters. The van der Waals surface area contributed by atoms with Gasteiger partial charge in [0.25, 0.3) is 0 Å². The second-order valence-corrected chi connectivity index (χ2v) is 5.34. The molecule has 0 aromatic carbocycles. The molecule has 1 saturated heterocycles. The van der Waals surface area contributed by atoms with Gasteiger partial charge in [-0.25, -0.2) is 0 Å². The molecule has 2 fully saturated rings. The molecular weight excluding hydrogens is 196 g/mol. The van der Waals surface area contributed by atoms with Crippen LogP contribution in [0, 0.1) is 11.8 Å². The molecule has 2 nitrogen and oxygen atoms in total. The van der Waals surface area contributed by atoms with Crippen LogP contribution in [0.4, 0.5) is 0 Å². The summed E-state index contributed by atoms with van der Waals surface area (Å²) >= 11 is 1.79. The lowest BCUT2D eigenvalue weighted by molar-refractivity contribution is -0.123. The van der Waals surface area contributed by atoms with Crippen LogP contribution in [0.3, 0.4) is 0 Å². The summed E-state index contributed by atoms with van der Waals surface area (Å²) in [6.45, 7) is 0. The van der Waals surface area contributed by atoms with Crippen molar-refractivity contribution in [2.24, 2.45) is 11.8 Å². The fourth-order valence-electron chi connectivity index (χ4n) is 2.73. The van der Waals surface area contributed by atoms with Gasteiger partial charge in [-0.15, -0.1) is 0 Å². The fraction of sp³-hybridized carbons (Fsp3) is 0.909. The van der Waals surface area contributed by atoms with Crippen molar-refractivity contribution < 1.29 is 9.53 Å². The largest absolute Gasteiger partial charge is 0.381 e. The second-order valence-electron chi connectivity index (χ2n) is 4.31. The normalized spacial score (nSPS) is 38.9. The van der Waals surface area contributed by atoms with Gasteiger partial charge in [0.15, 0.2) is 0 Å². The Morgan fingerprint density at radius 1 is 1.36 bits per heavy atom. The van der Waals surface area contributed by atoms with E-state index in [-0.39, 0.29) is 0 Å². The van der Waals surface area contributed by atoms with Gasteiger partial charge in [-0.3, -0.25) is 4.79 Å². The van der Waals surface area contributed by atoms with Gasteiger partial charge in [-0.2, -0.15) is 11.8 Å². The van der Waals surface area contributed by atoms with Gasteiger partial charge < -0.3 is 4.74 Å². The molecule has 0 radical (unpaired) electrons. The molecule has 0 amide bonds. The van der Waals surface area contributed by atoms with Gasteiger partial charge in [-0.05, 0) is 18.8 Å². The van der Waals surface area contributed by atoms with Crippen LogP contribution in [-0.4, -0.2) is 30.5 Å². The first-order valence-corrected chi connectivity index (χ1v) is 6.61. The first kappa shape index (κ1) is 10.5. The molecule has 0 spiro atoms. The number of methoxy groups -OCH3 is 1. The number of hydrogen-bond acceptors (Lipinski definition) is 3. The zero-order valence-corrected chi connectivity index (χ0v) is 9.52. The minimum atomic E-state index is 0.297. The molecule has 1 aliphatic carbocycles. The molecule has 14 heavy (non-hydrogen) atoms. The Bertz CT molecular complexity index is 217. The van der Waals surface area contributed by atoms with E-state index in [0.717, 1.165) is 17.9 Å². The number of rotatable bonds is 2. The zero-order chi connectivity index (χ0) is 9.97. The number of ketones is 1. The van der Waals surface area contributed by atoms with Crippen LogP contribution in [-0.2, 0) is 9.53 Å². The highest BCUT2D eigenvalue weighted by atomic mass is 32.2. The summed E-state index contributed by atoms with van der Waals surface area (Å²) in [5, 5.41) is 0. The average Bonchev–Trinajstić information content (AvgIpc) is 2.64. The maximum Gasteiger partial charge on any atom is 0.147 e. The SMILES string of the molecule is COC1CCCCC1C1CSCC1=O. The quantitative estimate of drug-likeness (QED) is 0.704. The Morgan fingerprint density at radius 2 is 2.14 bits per heavy atom. The van der Waals surface area contributed by atoms with E-state index in [0.29, 0.717) is 23.7 Å². The maximum absolute atomic E-state index is 11.7. The first-order valence-electron chi connectivity index (χ1n) is 5.46. The second kappa shape index (κ2) is 4.67. The summed E-state index contributed by atoms with van der Waals surface area (Å²) in [6, 6.07) is 0. The lowest BCUT2D eigenvalue weighted by Gasteiger charge is -2.33. The average molecular weight is 214 g/mol. The monoisotopic (exact) mass is 214 g/mol. The van der Waals surface area contributed by atoms with Crippen molar-refractivity contribution in [1.82, 2.24) is 0 Å². The third-order valence-electron chi connectivity index (χ3n) is 3.53. The van der Waals surface area contributed by atoms with Crippen molar-refractivity contribution in [2.75, 3.05) is 18.6 Å². The molecule has 2 aliphatic rings. The Morgan fingerprint density at radius 3 is 2.79 bits per heavy atom. The zero-order valence-electron chi connectivity index (χ0n) is 8.70. The molecule has 0 N–H and O–H groups in total. The standard InChI is InChI=1S/C11H18O2S/c1-13-11-5-3-2-4-8(11)9-6-14-7-10(9)12/h8-9,11H,2-7H2,1H3. The highest BCUT2D eigenvalue weighted by Crippen LogP contribution is 2.37. The van der Waals surface area contributed by atoms with Crippen LogP contribution >= 0.6 is 11.8 Å². The number of Topliss-reactive ketones (excluding diaryl/α,β-unsaturated/α-hetero) is 1. The van der Waals surface area contributed by atoms with E-state index in [1.807, 2.05) is 0 Å². The predicted molar refractivity (Wildman–Crippen MR) is 58.6 cm³/mol. The topological polar surface area (TPSA) is 26.3 Å². The molecule has 1 saturated carbocycles. The van der Waals surface area contributed by atoms with Gasteiger partial charge in [0.1, 0.15) is 5.78 Å². The smallest absolute Gasteiger partial charge is 0.147 e. The van der Waals surface area contributed by atoms with Crippen molar-refractivity contribution in [3.8, 4) is 0 Å². The molecule has 0 aromatic heterocycles. The number of ether oxygens (including phenoxy) is 1. The maximum atomic E-state index is 11.7. The number of thioether (sulfide) groups is 1. The lowest BCUT2D eigenvalue weighted by Crippen LogP contribution is -2.35. The molecular formula is C11H18O2S. The summed E-state index contributed by atoms with van der Waals surface area (Å²) < 4.78 is 5.50. The highest BCUT2D eigenvalue weighted by molar-refractivity contribution is 8.00. The van der Waals surface area contributed by atoms with Crippen molar-refractivity contribution in [2.45, 2.75) is 31.8 Å². The van der Waals surface area contributed by atoms with Gasteiger partial charge in [0.05, 0.1) is 11.9 Å². The van der Waals surface area contributed by atoms with Crippen molar-refractivity contribution >= 4 is 17.5 Å². The van der Waals surface area contributed by atoms with E-state index in [4.69, 9.17) is 4.74 Å². The van der Waals surface area contributed by atoms with Crippen LogP contribution in [0.1, 0.15) is 25.7 Å². The Hall–Kier alpha value is -0.0200. The summed E-state index contributed by atoms with van der Waals surface area (Å²) in [7, 11) is 1.79. The molecule has 0 bridgehead atoms. The number of hydrogen-bond donors (Lipinski definition) is 0. The summed E-state index contributed by atoms with van der Waals surface area (Å²) in [5.74, 6) is 3.03. The van der Waals surface area contributed by atoms with E-state index in [2.05, 4.69) is 0 Å². The van der Waals surface area contributed by atoms with Gasteiger partial charge in [0, 0.05) is 18.8 Å². The molecule has 2 rings (SSSR count).